The number of hydrogen-bond acceptors (Lipinski definition) is 2. The average Bonchev–Trinajstić information content (AvgIpc) is 2.58. The number of hydrogen-bond donors (Lipinski definition) is 1. The fourth-order valence-electron chi connectivity index (χ4n) is 1.06. The van der Waals surface area contributed by atoms with Crippen molar-refractivity contribution in [1.82, 2.24) is 0 Å². The molecule has 1 nitrogen and oxygen atoms in total. The van der Waals surface area contributed by atoms with Crippen LogP contribution in [0.15, 0.2) is 35.7 Å². The first kappa shape index (κ1) is 7.37. The SMILES string of the molecule is Nc1ccc(-c2c[c]sc2)cc1. The number of benzene rings is 1. The zero-order valence-corrected chi connectivity index (χ0v) is 7.27. The minimum atomic E-state index is 0.804. The quantitative estimate of drug-likeness (QED) is 0.661. The fraction of sp³-hybridized carbons (Fsp3) is 0. The van der Waals surface area contributed by atoms with Crippen molar-refractivity contribution in [3.05, 3.63) is 41.1 Å². The summed E-state index contributed by atoms with van der Waals surface area (Å²) < 4.78 is 0. The molecule has 1 heterocycles. The third-order valence-electron chi connectivity index (χ3n) is 1.71. The predicted molar refractivity (Wildman–Crippen MR) is 53.0 cm³/mol. The van der Waals surface area contributed by atoms with Crippen LogP contribution in [0, 0.1) is 5.38 Å². The van der Waals surface area contributed by atoms with E-state index in [0.29, 0.717) is 0 Å². The first-order valence-corrected chi connectivity index (χ1v) is 4.55. The second kappa shape index (κ2) is 2.99. The lowest BCUT2D eigenvalue weighted by Crippen LogP contribution is -1.82. The van der Waals surface area contributed by atoms with Gasteiger partial charge in [-0.3, -0.25) is 0 Å². The first-order chi connectivity index (χ1) is 5.86. The van der Waals surface area contributed by atoms with Gasteiger partial charge in [0.15, 0.2) is 0 Å². The summed E-state index contributed by atoms with van der Waals surface area (Å²) in [7, 11) is 0. The summed E-state index contributed by atoms with van der Waals surface area (Å²) >= 11 is 1.58. The van der Waals surface area contributed by atoms with Gasteiger partial charge in [0.05, 0.1) is 0 Å². The number of thiophene rings is 1. The van der Waals surface area contributed by atoms with Crippen LogP contribution in [0.4, 0.5) is 5.69 Å². The molecule has 2 heteroatoms. The van der Waals surface area contributed by atoms with E-state index in [0.717, 1.165) is 5.69 Å². The van der Waals surface area contributed by atoms with Gasteiger partial charge in [-0.1, -0.05) is 12.1 Å². The van der Waals surface area contributed by atoms with Crippen molar-refractivity contribution >= 4 is 17.0 Å². The molecule has 0 spiro atoms. The third kappa shape index (κ3) is 1.34. The monoisotopic (exact) mass is 174 g/mol. The topological polar surface area (TPSA) is 26.0 Å². The fourth-order valence-corrected chi connectivity index (χ4v) is 1.65. The maximum Gasteiger partial charge on any atom is 0.0449 e. The van der Waals surface area contributed by atoms with Gasteiger partial charge in [0.1, 0.15) is 0 Å². The summed E-state index contributed by atoms with van der Waals surface area (Å²) in [6.07, 6.45) is 0. The third-order valence-corrected chi connectivity index (χ3v) is 2.34. The van der Waals surface area contributed by atoms with Crippen LogP contribution in [0.3, 0.4) is 0 Å². The van der Waals surface area contributed by atoms with Crippen LogP contribution >= 0.6 is 11.3 Å². The van der Waals surface area contributed by atoms with Crippen LogP contribution in [-0.2, 0) is 0 Å². The number of rotatable bonds is 1. The Morgan fingerprint density at radius 1 is 1.08 bits per heavy atom. The highest BCUT2D eigenvalue weighted by Gasteiger charge is 1.95. The summed E-state index contributed by atoms with van der Waals surface area (Å²) in [6, 6.07) is 9.84. The van der Waals surface area contributed by atoms with Crippen molar-refractivity contribution in [2.24, 2.45) is 0 Å². The Bertz CT molecular complexity index is 348. The molecular weight excluding hydrogens is 166 g/mol. The van der Waals surface area contributed by atoms with Crippen molar-refractivity contribution in [2.75, 3.05) is 5.73 Å². The largest absolute Gasteiger partial charge is 0.399 e. The lowest BCUT2D eigenvalue weighted by atomic mass is 10.1. The second-order valence-electron chi connectivity index (χ2n) is 2.58. The van der Waals surface area contributed by atoms with E-state index in [1.165, 1.54) is 11.1 Å². The smallest absolute Gasteiger partial charge is 0.0449 e. The highest BCUT2D eigenvalue weighted by atomic mass is 32.1. The molecule has 0 aliphatic heterocycles. The second-order valence-corrected chi connectivity index (χ2v) is 3.28. The highest BCUT2D eigenvalue weighted by Crippen LogP contribution is 2.22. The van der Waals surface area contributed by atoms with Gasteiger partial charge in [-0.15, -0.1) is 11.3 Å². The molecule has 1 aromatic carbocycles. The van der Waals surface area contributed by atoms with Gasteiger partial charge in [-0.25, -0.2) is 0 Å². The van der Waals surface area contributed by atoms with E-state index in [1.807, 2.05) is 30.3 Å². The lowest BCUT2D eigenvalue weighted by Gasteiger charge is -1.97. The molecule has 0 unspecified atom stereocenters. The van der Waals surface area contributed by atoms with Crippen molar-refractivity contribution in [2.45, 2.75) is 0 Å². The van der Waals surface area contributed by atoms with E-state index >= 15 is 0 Å². The first-order valence-electron chi connectivity index (χ1n) is 3.67. The van der Waals surface area contributed by atoms with Gasteiger partial charge in [-0.2, -0.15) is 0 Å². The van der Waals surface area contributed by atoms with E-state index in [1.54, 1.807) is 11.3 Å². The predicted octanol–water partition coefficient (Wildman–Crippen LogP) is 2.80. The molecule has 1 radical (unpaired) electrons. The maximum absolute atomic E-state index is 5.57. The molecule has 0 saturated heterocycles. The molecule has 2 N–H and O–H groups in total. The van der Waals surface area contributed by atoms with Crippen molar-refractivity contribution in [1.29, 1.82) is 0 Å². The molecule has 0 amide bonds. The minimum Gasteiger partial charge on any atom is -0.399 e. The van der Waals surface area contributed by atoms with E-state index < -0.39 is 0 Å². The number of nitrogen functional groups attached to an aromatic ring is 1. The average molecular weight is 174 g/mol. The van der Waals surface area contributed by atoms with Crippen molar-refractivity contribution in [3.63, 3.8) is 0 Å². The van der Waals surface area contributed by atoms with Crippen LogP contribution in [0.1, 0.15) is 0 Å². The molecule has 0 atom stereocenters. The Morgan fingerprint density at radius 2 is 1.83 bits per heavy atom. The van der Waals surface area contributed by atoms with Crippen LogP contribution < -0.4 is 5.73 Å². The molecule has 0 aliphatic carbocycles. The molecular formula is C10H8NS. The normalized spacial score (nSPS) is 10.0. The van der Waals surface area contributed by atoms with Crippen molar-refractivity contribution in [3.8, 4) is 11.1 Å². The molecule has 2 aromatic rings. The maximum atomic E-state index is 5.57. The zero-order valence-electron chi connectivity index (χ0n) is 6.45. The summed E-state index contributed by atoms with van der Waals surface area (Å²) in [5.41, 5.74) is 8.78. The Balaban J connectivity index is 2.43. The lowest BCUT2D eigenvalue weighted by molar-refractivity contribution is 1.66. The van der Waals surface area contributed by atoms with Crippen LogP contribution in [0.5, 0.6) is 0 Å². The Morgan fingerprint density at radius 3 is 2.42 bits per heavy atom. The molecule has 0 saturated carbocycles. The Kier molecular flexibility index (Phi) is 1.84. The number of anilines is 1. The summed E-state index contributed by atoms with van der Waals surface area (Å²) in [5, 5.41) is 5.13. The van der Waals surface area contributed by atoms with Gasteiger partial charge in [0, 0.05) is 11.1 Å². The zero-order chi connectivity index (χ0) is 8.39. The van der Waals surface area contributed by atoms with Crippen molar-refractivity contribution < 1.29 is 0 Å². The van der Waals surface area contributed by atoms with Crippen LogP contribution in [0.25, 0.3) is 11.1 Å². The van der Waals surface area contributed by atoms with Gasteiger partial charge in [0.25, 0.3) is 0 Å². The van der Waals surface area contributed by atoms with E-state index in [9.17, 15) is 0 Å². The Hall–Kier alpha value is -1.28. The molecule has 12 heavy (non-hydrogen) atoms. The molecule has 59 valence electrons. The summed E-state index contributed by atoms with van der Waals surface area (Å²) in [6.45, 7) is 0. The molecule has 0 fully saturated rings. The highest BCUT2D eigenvalue weighted by molar-refractivity contribution is 7.07. The molecule has 0 aliphatic rings. The van der Waals surface area contributed by atoms with E-state index in [2.05, 4.69) is 10.8 Å². The molecule has 2 rings (SSSR count). The minimum absolute atomic E-state index is 0.804. The Labute approximate surface area is 75.5 Å². The molecule has 0 bridgehead atoms. The van der Waals surface area contributed by atoms with Gasteiger partial charge in [0.2, 0.25) is 0 Å². The van der Waals surface area contributed by atoms with E-state index in [4.69, 9.17) is 5.73 Å². The van der Waals surface area contributed by atoms with E-state index in [-0.39, 0.29) is 0 Å². The van der Waals surface area contributed by atoms with Gasteiger partial charge < -0.3 is 5.73 Å². The summed E-state index contributed by atoms with van der Waals surface area (Å²) in [4.78, 5) is 0. The standard InChI is InChI=1S/C10H8NS/c11-10-3-1-8(2-4-10)9-5-6-12-7-9/h1-5,7H,11H2. The summed E-state index contributed by atoms with van der Waals surface area (Å²) in [5.74, 6) is 0. The van der Waals surface area contributed by atoms with Gasteiger partial charge in [-0.05, 0) is 34.7 Å². The van der Waals surface area contributed by atoms with Crippen LogP contribution in [0.2, 0.25) is 0 Å². The van der Waals surface area contributed by atoms with Gasteiger partial charge >= 0.3 is 0 Å². The number of nitrogens with two attached hydrogens (primary N) is 1. The van der Waals surface area contributed by atoms with Crippen LogP contribution in [-0.4, -0.2) is 0 Å². The molecule has 1 aromatic heterocycles.